The fraction of sp³-hybridized carbons (Fsp3) is 0.455. The number of thiophene rings is 1. The molecule has 0 aliphatic heterocycles. The summed E-state index contributed by atoms with van der Waals surface area (Å²) < 4.78 is 5.35. The number of ether oxygens (including phenoxy) is 1. The topological polar surface area (TPSA) is 70.7 Å². The average molecular weight is 418 g/mol. The maximum atomic E-state index is 12.3. The van der Waals surface area contributed by atoms with E-state index >= 15 is 0 Å². The molecule has 158 valence electrons. The summed E-state index contributed by atoms with van der Waals surface area (Å²) in [6.07, 6.45) is 0.990. The molecule has 7 heteroatoms. The number of carbonyl (C=O) groups is 2. The van der Waals surface area contributed by atoms with Crippen LogP contribution in [0.2, 0.25) is 0 Å². The van der Waals surface area contributed by atoms with Gasteiger partial charge in [0.1, 0.15) is 5.75 Å². The SMILES string of the molecule is CCN(CC)[C@@H](CNC(=O)CCCNC(=O)c1ccsc1)c1cccc(OC)c1. The van der Waals surface area contributed by atoms with Gasteiger partial charge < -0.3 is 15.4 Å². The highest BCUT2D eigenvalue weighted by Crippen LogP contribution is 2.23. The van der Waals surface area contributed by atoms with Crippen LogP contribution in [0.4, 0.5) is 0 Å². The Labute approximate surface area is 177 Å². The average Bonchev–Trinajstić information content (AvgIpc) is 3.29. The molecule has 0 aliphatic carbocycles. The third-order valence-corrected chi connectivity index (χ3v) is 5.56. The number of amides is 2. The van der Waals surface area contributed by atoms with Gasteiger partial charge in [-0.2, -0.15) is 11.3 Å². The van der Waals surface area contributed by atoms with Crippen LogP contribution in [0, 0.1) is 0 Å². The normalized spacial score (nSPS) is 11.9. The van der Waals surface area contributed by atoms with Gasteiger partial charge in [-0.1, -0.05) is 26.0 Å². The molecular formula is C22H31N3O3S. The molecule has 0 fully saturated rings. The first-order valence-corrected chi connectivity index (χ1v) is 11.0. The lowest BCUT2D eigenvalue weighted by molar-refractivity contribution is -0.121. The number of likely N-dealkylation sites (N-methyl/N-ethyl adjacent to an activating group) is 1. The van der Waals surface area contributed by atoms with Crippen molar-refractivity contribution in [2.45, 2.75) is 32.7 Å². The van der Waals surface area contributed by atoms with Crippen molar-refractivity contribution < 1.29 is 14.3 Å². The van der Waals surface area contributed by atoms with Crippen molar-refractivity contribution in [2.75, 3.05) is 33.3 Å². The monoisotopic (exact) mass is 417 g/mol. The standard InChI is InChI=1S/C22H31N3O3S/c1-4-25(5-2)20(17-8-6-9-19(14-17)28-3)15-24-21(26)10-7-12-23-22(27)18-11-13-29-16-18/h6,8-9,11,13-14,16,20H,4-5,7,10,12,15H2,1-3H3,(H,23,27)(H,24,26)/t20-/m0/s1. The highest BCUT2D eigenvalue weighted by atomic mass is 32.1. The summed E-state index contributed by atoms with van der Waals surface area (Å²) in [5.41, 5.74) is 1.79. The highest BCUT2D eigenvalue weighted by Gasteiger charge is 2.19. The van der Waals surface area contributed by atoms with Crippen LogP contribution in [-0.2, 0) is 4.79 Å². The molecular weight excluding hydrogens is 386 g/mol. The molecule has 1 aromatic heterocycles. The number of hydrogen-bond donors (Lipinski definition) is 2. The third kappa shape index (κ3) is 7.18. The first-order valence-electron chi connectivity index (χ1n) is 10.0. The number of methoxy groups -OCH3 is 1. The Bertz CT molecular complexity index is 760. The lowest BCUT2D eigenvalue weighted by atomic mass is 10.0. The second kappa shape index (κ2) is 12.2. The van der Waals surface area contributed by atoms with Gasteiger partial charge in [0.15, 0.2) is 0 Å². The Hall–Kier alpha value is -2.38. The lowest BCUT2D eigenvalue weighted by Gasteiger charge is -2.30. The summed E-state index contributed by atoms with van der Waals surface area (Å²) in [6, 6.07) is 9.86. The molecule has 0 spiro atoms. The summed E-state index contributed by atoms with van der Waals surface area (Å²) >= 11 is 1.49. The molecule has 0 bridgehead atoms. The Kier molecular flexibility index (Phi) is 9.67. The summed E-state index contributed by atoms with van der Waals surface area (Å²) in [6.45, 7) is 7.04. The molecule has 29 heavy (non-hydrogen) atoms. The van der Waals surface area contributed by atoms with E-state index in [1.807, 2.05) is 29.0 Å². The largest absolute Gasteiger partial charge is 0.497 e. The minimum absolute atomic E-state index is 0.00478. The van der Waals surface area contributed by atoms with Crippen molar-refractivity contribution in [1.29, 1.82) is 0 Å². The molecule has 0 saturated heterocycles. The van der Waals surface area contributed by atoms with E-state index < -0.39 is 0 Å². The van der Waals surface area contributed by atoms with Crippen LogP contribution in [0.25, 0.3) is 0 Å². The minimum atomic E-state index is -0.0914. The molecule has 1 atom stereocenters. The van der Waals surface area contributed by atoms with Gasteiger partial charge in [-0.05, 0) is 48.7 Å². The van der Waals surface area contributed by atoms with Gasteiger partial charge >= 0.3 is 0 Å². The van der Waals surface area contributed by atoms with E-state index in [-0.39, 0.29) is 17.9 Å². The molecule has 0 aliphatic rings. The van der Waals surface area contributed by atoms with E-state index in [4.69, 9.17) is 4.74 Å². The molecule has 0 radical (unpaired) electrons. The van der Waals surface area contributed by atoms with Crippen molar-refractivity contribution in [2.24, 2.45) is 0 Å². The number of benzene rings is 1. The Morgan fingerprint density at radius 1 is 1.17 bits per heavy atom. The van der Waals surface area contributed by atoms with E-state index in [9.17, 15) is 9.59 Å². The molecule has 1 aromatic carbocycles. The number of nitrogens with zero attached hydrogens (tertiary/aromatic N) is 1. The predicted molar refractivity (Wildman–Crippen MR) is 118 cm³/mol. The Balaban J connectivity index is 1.82. The smallest absolute Gasteiger partial charge is 0.252 e. The summed E-state index contributed by atoms with van der Waals surface area (Å²) in [7, 11) is 1.66. The summed E-state index contributed by atoms with van der Waals surface area (Å²) in [5.74, 6) is 0.716. The van der Waals surface area contributed by atoms with Gasteiger partial charge in [0.05, 0.1) is 13.2 Å². The summed E-state index contributed by atoms with van der Waals surface area (Å²) in [5, 5.41) is 9.58. The highest BCUT2D eigenvalue weighted by molar-refractivity contribution is 7.08. The second-order valence-corrected chi connectivity index (χ2v) is 7.47. The van der Waals surface area contributed by atoms with Crippen LogP contribution in [0.1, 0.15) is 48.7 Å². The van der Waals surface area contributed by atoms with Crippen LogP contribution in [0.3, 0.4) is 0 Å². The van der Waals surface area contributed by atoms with E-state index in [1.54, 1.807) is 13.2 Å². The van der Waals surface area contributed by atoms with E-state index in [0.29, 0.717) is 31.5 Å². The predicted octanol–water partition coefficient (Wildman–Crippen LogP) is 3.47. The minimum Gasteiger partial charge on any atom is -0.497 e. The van der Waals surface area contributed by atoms with Gasteiger partial charge in [0.2, 0.25) is 5.91 Å². The number of rotatable bonds is 12. The zero-order valence-corrected chi connectivity index (χ0v) is 18.3. The van der Waals surface area contributed by atoms with Crippen molar-refractivity contribution in [3.8, 4) is 5.75 Å². The van der Waals surface area contributed by atoms with Crippen molar-refractivity contribution >= 4 is 23.2 Å². The van der Waals surface area contributed by atoms with Crippen LogP contribution in [0.15, 0.2) is 41.1 Å². The number of nitrogens with one attached hydrogen (secondary N) is 2. The van der Waals surface area contributed by atoms with Gasteiger partial charge in [-0.25, -0.2) is 0 Å². The summed E-state index contributed by atoms with van der Waals surface area (Å²) in [4.78, 5) is 26.5. The molecule has 0 saturated carbocycles. The zero-order chi connectivity index (χ0) is 21.1. The molecule has 6 nitrogen and oxygen atoms in total. The van der Waals surface area contributed by atoms with E-state index in [1.165, 1.54) is 11.3 Å². The number of hydrogen-bond acceptors (Lipinski definition) is 5. The van der Waals surface area contributed by atoms with Gasteiger partial charge in [0.25, 0.3) is 5.91 Å². The van der Waals surface area contributed by atoms with Crippen LogP contribution >= 0.6 is 11.3 Å². The van der Waals surface area contributed by atoms with Gasteiger partial charge in [-0.15, -0.1) is 0 Å². The molecule has 2 N–H and O–H groups in total. The fourth-order valence-electron chi connectivity index (χ4n) is 3.22. The zero-order valence-electron chi connectivity index (χ0n) is 17.4. The fourth-order valence-corrected chi connectivity index (χ4v) is 3.85. The third-order valence-electron chi connectivity index (χ3n) is 4.87. The van der Waals surface area contributed by atoms with E-state index in [2.05, 4.69) is 35.4 Å². The molecule has 1 heterocycles. The quantitative estimate of drug-likeness (QED) is 0.519. The Morgan fingerprint density at radius 2 is 1.97 bits per heavy atom. The van der Waals surface area contributed by atoms with Crippen LogP contribution in [0.5, 0.6) is 5.75 Å². The van der Waals surface area contributed by atoms with Crippen molar-refractivity contribution in [3.05, 3.63) is 52.2 Å². The Morgan fingerprint density at radius 3 is 2.62 bits per heavy atom. The van der Waals surface area contributed by atoms with Crippen LogP contribution < -0.4 is 15.4 Å². The lowest BCUT2D eigenvalue weighted by Crippen LogP contribution is -2.38. The first-order chi connectivity index (χ1) is 14.1. The second-order valence-electron chi connectivity index (χ2n) is 6.69. The molecule has 2 aromatic rings. The van der Waals surface area contributed by atoms with Crippen LogP contribution in [-0.4, -0.2) is 50.0 Å². The first kappa shape index (κ1) is 22.9. The van der Waals surface area contributed by atoms with Crippen molar-refractivity contribution in [1.82, 2.24) is 15.5 Å². The van der Waals surface area contributed by atoms with Gasteiger partial charge in [-0.3, -0.25) is 14.5 Å². The molecule has 2 rings (SSSR count). The maximum Gasteiger partial charge on any atom is 0.252 e. The number of carbonyl (C=O) groups excluding carboxylic acids is 2. The molecule has 0 unspecified atom stereocenters. The maximum absolute atomic E-state index is 12.3. The van der Waals surface area contributed by atoms with Gasteiger partial charge in [0, 0.05) is 30.5 Å². The van der Waals surface area contributed by atoms with E-state index in [0.717, 1.165) is 24.4 Å². The molecule has 2 amide bonds. The van der Waals surface area contributed by atoms with Crippen molar-refractivity contribution in [3.63, 3.8) is 0 Å².